The van der Waals surface area contributed by atoms with E-state index >= 15 is 0 Å². The first-order chi connectivity index (χ1) is 12.2. The number of urea groups is 1. The fraction of sp³-hybridized carbons (Fsp3) is 0.444. The number of nitrogens with zero attached hydrogens (tertiary/aromatic N) is 4. The average molecular weight is 343 g/mol. The van der Waals surface area contributed by atoms with Crippen molar-refractivity contribution in [2.75, 3.05) is 38.2 Å². The molecule has 7 heteroatoms. The van der Waals surface area contributed by atoms with Crippen molar-refractivity contribution in [3.63, 3.8) is 0 Å². The number of hydrogen-bond acceptors (Lipinski definition) is 4. The third-order valence-electron chi connectivity index (χ3n) is 4.38. The SMILES string of the molecule is COc1ccccc1N1CCN(C(=O)N[C@@H](C)Cn2cccn2)CC1. The van der Waals surface area contributed by atoms with E-state index in [0.717, 1.165) is 24.5 Å². The van der Waals surface area contributed by atoms with Gasteiger partial charge in [-0.25, -0.2) is 4.79 Å². The fourth-order valence-electron chi connectivity index (χ4n) is 3.08. The summed E-state index contributed by atoms with van der Waals surface area (Å²) in [5, 5.41) is 7.22. The number of anilines is 1. The number of hydrogen-bond donors (Lipinski definition) is 1. The van der Waals surface area contributed by atoms with Crippen molar-refractivity contribution in [2.24, 2.45) is 0 Å². The quantitative estimate of drug-likeness (QED) is 0.899. The monoisotopic (exact) mass is 343 g/mol. The zero-order valence-corrected chi connectivity index (χ0v) is 14.8. The van der Waals surface area contributed by atoms with Gasteiger partial charge in [0.1, 0.15) is 5.75 Å². The highest BCUT2D eigenvalue weighted by atomic mass is 16.5. The average Bonchev–Trinajstić information content (AvgIpc) is 3.14. The standard InChI is InChI=1S/C18H25N5O2/c1-15(14-23-9-5-8-19-23)20-18(24)22-12-10-21(11-13-22)16-6-3-4-7-17(16)25-2/h3-9,15H,10-14H2,1-2H3,(H,20,24)/t15-/m0/s1. The molecule has 1 aliphatic rings. The molecule has 134 valence electrons. The van der Waals surface area contributed by atoms with E-state index in [4.69, 9.17) is 4.74 Å². The van der Waals surface area contributed by atoms with Gasteiger partial charge < -0.3 is 19.9 Å². The lowest BCUT2D eigenvalue weighted by atomic mass is 10.2. The number of aromatic nitrogens is 2. The number of rotatable bonds is 5. The molecule has 2 aromatic rings. The predicted octanol–water partition coefficient (Wildman–Crippen LogP) is 1.81. The number of para-hydroxylation sites is 2. The van der Waals surface area contributed by atoms with Gasteiger partial charge in [0, 0.05) is 44.6 Å². The van der Waals surface area contributed by atoms with Crippen molar-refractivity contribution in [2.45, 2.75) is 19.5 Å². The molecule has 0 unspecified atom stereocenters. The Bertz CT molecular complexity index is 681. The number of ether oxygens (including phenoxy) is 1. The van der Waals surface area contributed by atoms with Crippen LogP contribution in [0.1, 0.15) is 6.92 Å². The zero-order chi connectivity index (χ0) is 17.6. The molecular formula is C18H25N5O2. The molecule has 1 aromatic heterocycles. The Morgan fingerprint density at radius 3 is 2.68 bits per heavy atom. The summed E-state index contributed by atoms with van der Waals surface area (Å²) in [6.45, 7) is 5.63. The summed E-state index contributed by atoms with van der Waals surface area (Å²) < 4.78 is 7.26. The molecule has 25 heavy (non-hydrogen) atoms. The third kappa shape index (κ3) is 4.23. The third-order valence-corrected chi connectivity index (χ3v) is 4.38. The summed E-state index contributed by atoms with van der Waals surface area (Å²) in [5.41, 5.74) is 1.08. The van der Waals surface area contributed by atoms with Gasteiger partial charge in [0.25, 0.3) is 0 Å². The first-order valence-corrected chi connectivity index (χ1v) is 8.58. The van der Waals surface area contributed by atoms with Gasteiger partial charge in [0.2, 0.25) is 0 Å². The Balaban J connectivity index is 1.50. The highest BCUT2D eigenvalue weighted by Crippen LogP contribution is 2.28. The number of benzene rings is 1. The molecule has 1 aromatic carbocycles. The Morgan fingerprint density at radius 2 is 2.00 bits per heavy atom. The molecule has 0 aliphatic carbocycles. The Hall–Kier alpha value is -2.70. The van der Waals surface area contributed by atoms with E-state index in [1.165, 1.54) is 0 Å². The van der Waals surface area contributed by atoms with Crippen LogP contribution in [0.4, 0.5) is 10.5 Å². The summed E-state index contributed by atoms with van der Waals surface area (Å²) in [4.78, 5) is 16.6. The van der Waals surface area contributed by atoms with Gasteiger partial charge in [0.05, 0.1) is 19.3 Å². The van der Waals surface area contributed by atoms with Crippen LogP contribution in [-0.2, 0) is 6.54 Å². The van der Waals surface area contributed by atoms with Crippen molar-refractivity contribution < 1.29 is 9.53 Å². The van der Waals surface area contributed by atoms with E-state index in [0.29, 0.717) is 19.6 Å². The number of carbonyl (C=O) groups is 1. The minimum Gasteiger partial charge on any atom is -0.495 e. The van der Waals surface area contributed by atoms with Gasteiger partial charge >= 0.3 is 6.03 Å². The number of piperazine rings is 1. The Morgan fingerprint density at radius 1 is 1.24 bits per heavy atom. The van der Waals surface area contributed by atoms with E-state index in [9.17, 15) is 4.79 Å². The highest BCUT2D eigenvalue weighted by Gasteiger charge is 2.23. The first kappa shape index (κ1) is 17.1. The second-order valence-corrected chi connectivity index (χ2v) is 6.22. The molecule has 2 heterocycles. The van der Waals surface area contributed by atoms with Crippen LogP contribution in [0.15, 0.2) is 42.7 Å². The van der Waals surface area contributed by atoms with Gasteiger partial charge in [-0.1, -0.05) is 12.1 Å². The fourth-order valence-corrected chi connectivity index (χ4v) is 3.08. The van der Waals surface area contributed by atoms with Crippen molar-refractivity contribution in [1.29, 1.82) is 0 Å². The molecule has 7 nitrogen and oxygen atoms in total. The van der Waals surface area contributed by atoms with Gasteiger partial charge in [-0.3, -0.25) is 4.68 Å². The largest absolute Gasteiger partial charge is 0.495 e. The number of carbonyl (C=O) groups excluding carboxylic acids is 1. The normalized spacial score (nSPS) is 15.8. The van der Waals surface area contributed by atoms with E-state index in [2.05, 4.69) is 21.4 Å². The lowest BCUT2D eigenvalue weighted by molar-refractivity contribution is 0.189. The summed E-state index contributed by atoms with van der Waals surface area (Å²) in [7, 11) is 1.68. The second kappa shape index (κ2) is 7.92. The van der Waals surface area contributed by atoms with Gasteiger partial charge in [-0.2, -0.15) is 5.10 Å². The Labute approximate surface area is 148 Å². The smallest absolute Gasteiger partial charge is 0.317 e. The maximum atomic E-state index is 12.4. The van der Waals surface area contributed by atoms with Crippen molar-refractivity contribution in [3.05, 3.63) is 42.7 Å². The molecule has 0 radical (unpaired) electrons. The molecular weight excluding hydrogens is 318 g/mol. The summed E-state index contributed by atoms with van der Waals surface area (Å²) in [6, 6.07) is 9.89. The zero-order valence-electron chi connectivity index (χ0n) is 14.8. The van der Waals surface area contributed by atoms with Crippen LogP contribution >= 0.6 is 0 Å². The summed E-state index contributed by atoms with van der Waals surface area (Å²) in [5.74, 6) is 0.869. The summed E-state index contributed by atoms with van der Waals surface area (Å²) in [6.07, 6.45) is 3.64. The number of amides is 2. The molecule has 0 bridgehead atoms. The van der Waals surface area contributed by atoms with E-state index < -0.39 is 0 Å². The van der Waals surface area contributed by atoms with Crippen LogP contribution in [0.25, 0.3) is 0 Å². The second-order valence-electron chi connectivity index (χ2n) is 6.22. The van der Waals surface area contributed by atoms with Crippen molar-refractivity contribution >= 4 is 11.7 Å². The number of nitrogens with one attached hydrogen (secondary N) is 1. The minimum atomic E-state index is -0.0145. The van der Waals surface area contributed by atoms with Crippen LogP contribution < -0.4 is 15.0 Å². The maximum Gasteiger partial charge on any atom is 0.317 e. The lowest BCUT2D eigenvalue weighted by Crippen LogP contribution is -2.53. The van der Waals surface area contributed by atoms with E-state index in [1.54, 1.807) is 13.3 Å². The number of methoxy groups -OCH3 is 1. The molecule has 3 rings (SSSR count). The molecule has 0 spiro atoms. The molecule has 1 aliphatic heterocycles. The van der Waals surface area contributed by atoms with Gasteiger partial charge in [0.15, 0.2) is 0 Å². The minimum absolute atomic E-state index is 0.0145. The highest BCUT2D eigenvalue weighted by molar-refractivity contribution is 5.75. The van der Waals surface area contributed by atoms with Crippen LogP contribution in [0.2, 0.25) is 0 Å². The Kier molecular flexibility index (Phi) is 5.42. The van der Waals surface area contributed by atoms with Crippen LogP contribution in [0.5, 0.6) is 5.75 Å². The van der Waals surface area contributed by atoms with Crippen molar-refractivity contribution in [1.82, 2.24) is 20.0 Å². The van der Waals surface area contributed by atoms with E-state index in [1.807, 2.05) is 47.0 Å². The van der Waals surface area contributed by atoms with Crippen LogP contribution in [0.3, 0.4) is 0 Å². The van der Waals surface area contributed by atoms with Crippen LogP contribution in [0, 0.1) is 0 Å². The first-order valence-electron chi connectivity index (χ1n) is 8.58. The molecule has 2 amide bonds. The maximum absolute atomic E-state index is 12.4. The van der Waals surface area contributed by atoms with Crippen molar-refractivity contribution in [3.8, 4) is 5.75 Å². The molecule has 1 saturated heterocycles. The topological polar surface area (TPSA) is 62.6 Å². The predicted molar refractivity (Wildman–Crippen MR) is 97.0 cm³/mol. The lowest BCUT2D eigenvalue weighted by Gasteiger charge is -2.37. The van der Waals surface area contributed by atoms with Gasteiger partial charge in [-0.05, 0) is 25.1 Å². The van der Waals surface area contributed by atoms with E-state index in [-0.39, 0.29) is 12.1 Å². The van der Waals surface area contributed by atoms with Gasteiger partial charge in [-0.15, -0.1) is 0 Å². The molecule has 1 atom stereocenters. The summed E-state index contributed by atoms with van der Waals surface area (Å²) >= 11 is 0. The molecule has 1 N–H and O–H groups in total. The van der Waals surface area contributed by atoms with Crippen LogP contribution in [-0.4, -0.2) is 60.0 Å². The molecule has 0 saturated carbocycles. The molecule has 1 fully saturated rings.